The second kappa shape index (κ2) is 13.8. The molecule has 0 radical (unpaired) electrons. The molecule has 1 rings (SSSR count). The van der Waals surface area contributed by atoms with E-state index in [4.69, 9.17) is 70.8 Å². The van der Waals surface area contributed by atoms with Crippen LogP contribution < -0.4 is 4.74 Å². The molecule has 0 spiro atoms. The van der Waals surface area contributed by atoms with Crippen LogP contribution in [0.15, 0.2) is 18.2 Å². The minimum absolute atomic E-state index is 0.00292. The Balaban J connectivity index is 0. The molecular formula is C7H8Cl6O3Ti2. The molecule has 0 aliphatic carbocycles. The van der Waals surface area contributed by atoms with Crippen molar-refractivity contribution in [3.8, 4) is 17.2 Å². The van der Waals surface area contributed by atoms with E-state index >= 15 is 0 Å². The Morgan fingerprint density at radius 2 is 1.11 bits per heavy atom. The van der Waals surface area contributed by atoms with Crippen molar-refractivity contribution in [1.82, 2.24) is 0 Å². The zero-order chi connectivity index (χ0) is 14.7. The van der Waals surface area contributed by atoms with Gasteiger partial charge in [0.25, 0.3) is 0 Å². The number of phenols is 2. The monoisotopic (exact) mass is 446 g/mol. The van der Waals surface area contributed by atoms with Crippen molar-refractivity contribution in [1.29, 1.82) is 0 Å². The first-order chi connectivity index (χ1) is 8.18. The number of hydrogen-bond acceptors (Lipinski definition) is 3. The summed E-state index contributed by atoms with van der Waals surface area (Å²) in [6.45, 7) is 0. The average molecular weight is 449 g/mol. The van der Waals surface area contributed by atoms with Crippen LogP contribution in [0, 0.1) is 0 Å². The Kier molecular flexibility index (Phi) is 16.9. The van der Waals surface area contributed by atoms with Gasteiger partial charge >= 0.3 is 85.2 Å². The number of halogens is 6. The molecule has 2 N–H and O–H groups in total. The maximum atomic E-state index is 8.88. The predicted octanol–water partition coefficient (Wildman–Crippen LogP) is 5.24. The molecule has 0 atom stereocenters. The second-order valence-corrected chi connectivity index (χ2v) is 17.8. The number of benzene rings is 1. The topological polar surface area (TPSA) is 49.7 Å². The van der Waals surface area contributed by atoms with Crippen molar-refractivity contribution in [3.05, 3.63) is 18.2 Å². The molecule has 0 fully saturated rings. The summed E-state index contributed by atoms with van der Waals surface area (Å²) in [5.41, 5.74) is 0. The molecular weight excluding hydrogens is 441 g/mol. The third kappa shape index (κ3) is 20.1. The number of rotatable bonds is 1. The summed E-state index contributed by atoms with van der Waals surface area (Å²) in [5, 5.41) is 17.8. The third-order valence-corrected chi connectivity index (χ3v) is 1.11. The van der Waals surface area contributed by atoms with E-state index in [1.807, 2.05) is 0 Å². The van der Waals surface area contributed by atoms with E-state index in [0.717, 1.165) is 0 Å². The van der Waals surface area contributed by atoms with Gasteiger partial charge in [-0.3, -0.25) is 0 Å². The Hall–Kier alpha value is 1.79. The summed E-state index contributed by atoms with van der Waals surface area (Å²) in [4.78, 5) is 0. The van der Waals surface area contributed by atoms with Gasteiger partial charge in [0.05, 0.1) is 7.11 Å². The van der Waals surface area contributed by atoms with E-state index in [2.05, 4.69) is 0 Å². The van der Waals surface area contributed by atoms with Gasteiger partial charge in [0.2, 0.25) is 0 Å². The Bertz CT molecular complexity index is 296. The number of aromatic hydroxyl groups is 2. The van der Waals surface area contributed by atoms with Gasteiger partial charge in [-0.25, -0.2) is 0 Å². The van der Waals surface area contributed by atoms with E-state index in [9.17, 15) is 0 Å². The van der Waals surface area contributed by atoms with E-state index in [1.54, 1.807) is 0 Å². The molecule has 18 heavy (non-hydrogen) atoms. The van der Waals surface area contributed by atoms with Crippen molar-refractivity contribution in [3.63, 3.8) is 0 Å². The van der Waals surface area contributed by atoms with Gasteiger partial charge in [-0.2, -0.15) is 0 Å². The Labute approximate surface area is 141 Å². The van der Waals surface area contributed by atoms with E-state index < -0.39 is 29.4 Å². The number of phenolic OH excluding ortho intramolecular Hbond substituents is 2. The molecule has 0 aliphatic rings. The van der Waals surface area contributed by atoms with E-state index in [0.29, 0.717) is 5.75 Å². The molecule has 0 aliphatic heterocycles. The molecule has 1 aromatic carbocycles. The van der Waals surface area contributed by atoms with Crippen LogP contribution >= 0.6 is 55.8 Å². The molecule has 11 heteroatoms. The van der Waals surface area contributed by atoms with Gasteiger partial charge in [0, 0.05) is 18.2 Å². The summed E-state index contributed by atoms with van der Waals surface area (Å²) in [6.07, 6.45) is 0. The summed E-state index contributed by atoms with van der Waals surface area (Å²) in [5.74, 6) is 0.436. The first kappa shape index (κ1) is 22.1. The molecule has 104 valence electrons. The van der Waals surface area contributed by atoms with Crippen molar-refractivity contribution in [2.45, 2.75) is 0 Å². The standard InChI is InChI=1S/C7H8O3.6ClH.2Ti/c1-10-7-3-5(8)2-6(9)4-7;;;;;;;;/h2-4,8-9H,1H3;6*1H;;/q;;;;;;;2*+3/p-6. The SMILES string of the molecule is COc1cc(O)cc(O)c1.[Cl][Ti]([Cl])[Cl].[Cl][Ti]([Cl])[Cl]. The Morgan fingerprint density at radius 3 is 1.33 bits per heavy atom. The first-order valence-corrected chi connectivity index (χ1v) is 16.8. The fraction of sp³-hybridized carbons (Fsp3) is 0.143. The van der Waals surface area contributed by atoms with Gasteiger partial charge in [0.15, 0.2) is 0 Å². The number of ether oxygens (including phenoxy) is 1. The van der Waals surface area contributed by atoms with E-state index in [-0.39, 0.29) is 11.5 Å². The summed E-state index contributed by atoms with van der Waals surface area (Å²) >= 11 is -3.83. The molecule has 0 saturated heterocycles. The van der Waals surface area contributed by atoms with Gasteiger partial charge in [-0.1, -0.05) is 0 Å². The Morgan fingerprint density at radius 1 is 0.833 bits per heavy atom. The molecule has 1 aromatic rings. The molecule has 0 amide bonds. The molecule has 0 bridgehead atoms. The number of hydrogen-bond donors (Lipinski definition) is 2. The van der Waals surface area contributed by atoms with Crippen molar-refractivity contribution < 1.29 is 44.3 Å². The molecule has 0 unspecified atom stereocenters. The van der Waals surface area contributed by atoms with E-state index in [1.165, 1.54) is 25.3 Å². The van der Waals surface area contributed by atoms with Crippen LogP contribution in [0.5, 0.6) is 17.2 Å². The normalized spacial score (nSPS) is 8.17. The van der Waals surface area contributed by atoms with Gasteiger partial charge in [0.1, 0.15) is 17.2 Å². The first-order valence-electron chi connectivity index (χ1n) is 3.93. The van der Waals surface area contributed by atoms with Crippen LogP contribution in [0.4, 0.5) is 0 Å². The maximum absolute atomic E-state index is 8.88. The van der Waals surface area contributed by atoms with Crippen LogP contribution in [0.2, 0.25) is 0 Å². The molecule has 3 nitrogen and oxygen atoms in total. The third-order valence-electron chi connectivity index (χ3n) is 1.11. The summed E-state index contributed by atoms with van der Waals surface area (Å²) in [6, 6.07) is 4.07. The van der Waals surface area contributed by atoms with Crippen molar-refractivity contribution in [2.24, 2.45) is 0 Å². The fourth-order valence-corrected chi connectivity index (χ4v) is 0.686. The van der Waals surface area contributed by atoms with Gasteiger partial charge in [-0.15, -0.1) is 0 Å². The van der Waals surface area contributed by atoms with Crippen LogP contribution in [-0.2, 0) is 29.4 Å². The second-order valence-electron chi connectivity index (χ2n) is 2.32. The minimum atomic E-state index is -1.92. The van der Waals surface area contributed by atoms with Crippen LogP contribution in [0.1, 0.15) is 0 Å². The van der Waals surface area contributed by atoms with Gasteiger partial charge < -0.3 is 14.9 Å². The summed E-state index contributed by atoms with van der Waals surface area (Å²) in [7, 11) is 31.3. The predicted molar refractivity (Wildman–Crippen MR) is 71.4 cm³/mol. The molecule has 0 aromatic heterocycles. The van der Waals surface area contributed by atoms with Crippen LogP contribution in [0.25, 0.3) is 0 Å². The van der Waals surface area contributed by atoms with Crippen LogP contribution in [-0.4, -0.2) is 17.3 Å². The quantitative estimate of drug-likeness (QED) is 0.578. The van der Waals surface area contributed by atoms with Gasteiger partial charge in [-0.05, 0) is 0 Å². The van der Waals surface area contributed by atoms with Crippen LogP contribution in [0.3, 0.4) is 0 Å². The fourth-order valence-electron chi connectivity index (χ4n) is 0.686. The summed E-state index contributed by atoms with van der Waals surface area (Å²) < 4.78 is 4.76. The molecule has 0 heterocycles. The number of methoxy groups -OCH3 is 1. The molecule has 0 saturated carbocycles. The zero-order valence-electron chi connectivity index (χ0n) is 8.80. The van der Waals surface area contributed by atoms with Crippen molar-refractivity contribution in [2.75, 3.05) is 7.11 Å². The zero-order valence-corrected chi connectivity index (χ0v) is 16.5. The average Bonchev–Trinajstić information content (AvgIpc) is 2.14. The van der Waals surface area contributed by atoms with Crippen molar-refractivity contribution >= 4 is 55.8 Å².